The van der Waals surface area contributed by atoms with Crippen molar-refractivity contribution in [2.75, 3.05) is 19.6 Å². The molecule has 0 aromatic carbocycles. The topological polar surface area (TPSA) is 38.1 Å². The SMILES string of the molecule is CC(=O)c1cc(CCN2CCCCC2)nn1C. The van der Waals surface area contributed by atoms with Crippen LogP contribution in [0.1, 0.15) is 42.4 Å². The Kier molecular flexibility index (Phi) is 3.94. The third-order valence-corrected chi connectivity index (χ3v) is 3.42. The van der Waals surface area contributed by atoms with Gasteiger partial charge in [0.15, 0.2) is 5.78 Å². The fourth-order valence-electron chi connectivity index (χ4n) is 2.43. The largest absolute Gasteiger partial charge is 0.303 e. The fourth-order valence-corrected chi connectivity index (χ4v) is 2.43. The first-order chi connectivity index (χ1) is 8.16. The molecule has 4 nitrogen and oxygen atoms in total. The van der Waals surface area contributed by atoms with Gasteiger partial charge in [-0.15, -0.1) is 0 Å². The Labute approximate surface area is 103 Å². The summed E-state index contributed by atoms with van der Waals surface area (Å²) in [6.45, 7) is 5.08. The van der Waals surface area contributed by atoms with Crippen molar-refractivity contribution in [1.29, 1.82) is 0 Å². The second-order valence-corrected chi connectivity index (χ2v) is 4.85. The molecule has 2 heterocycles. The summed E-state index contributed by atoms with van der Waals surface area (Å²) in [5, 5.41) is 4.39. The molecule has 0 bridgehead atoms. The van der Waals surface area contributed by atoms with Crippen molar-refractivity contribution >= 4 is 5.78 Å². The summed E-state index contributed by atoms with van der Waals surface area (Å²) in [6.07, 6.45) is 4.96. The normalized spacial score (nSPS) is 17.3. The van der Waals surface area contributed by atoms with E-state index in [4.69, 9.17) is 0 Å². The second-order valence-electron chi connectivity index (χ2n) is 4.85. The lowest BCUT2D eigenvalue weighted by molar-refractivity contribution is 0.100. The molecule has 1 aromatic heterocycles. The molecule has 0 aliphatic carbocycles. The number of Topliss-reactive ketones (excluding diaryl/α,β-unsaturated/α-hetero) is 1. The molecule has 0 unspecified atom stereocenters. The van der Waals surface area contributed by atoms with Gasteiger partial charge in [0.25, 0.3) is 0 Å². The van der Waals surface area contributed by atoms with Crippen molar-refractivity contribution < 1.29 is 4.79 Å². The van der Waals surface area contributed by atoms with Crippen LogP contribution in [0.3, 0.4) is 0 Å². The maximum Gasteiger partial charge on any atom is 0.177 e. The minimum absolute atomic E-state index is 0.0872. The Morgan fingerprint density at radius 2 is 2.06 bits per heavy atom. The Morgan fingerprint density at radius 3 is 2.65 bits per heavy atom. The fraction of sp³-hybridized carbons (Fsp3) is 0.692. The zero-order chi connectivity index (χ0) is 12.3. The summed E-state index contributed by atoms with van der Waals surface area (Å²) in [6, 6.07) is 1.92. The molecule has 0 saturated carbocycles. The Balaban J connectivity index is 1.90. The quantitative estimate of drug-likeness (QED) is 0.745. The number of likely N-dealkylation sites (tertiary alicyclic amines) is 1. The molecular formula is C13H21N3O. The lowest BCUT2D eigenvalue weighted by Crippen LogP contribution is -2.31. The van der Waals surface area contributed by atoms with Crippen molar-refractivity contribution in [1.82, 2.24) is 14.7 Å². The number of hydrogen-bond acceptors (Lipinski definition) is 3. The van der Waals surface area contributed by atoms with E-state index in [9.17, 15) is 4.79 Å². The summed E-state index contributed by atoms with van der Waals surface area (Å²) in [4.78, 5) is 13.8. The highest BCUT2D eigenvalue weighted by Gasteiger charge is 2.12. The summed E-state index contributed by atoms with van der Waals surface area (Å²) in [5.41, 5.74) is 1.74. The smallest absolute Gasteiger partial charge is 0.177 e. The summed E-state index contributed by atoms with van der Waals surface area (Å²) in [7, 11) is 1.83. The summed E-state index contributed by atoms with van der Waals surface area (Å²) >= 11 is 0. The van der Waals surface area contributed by atoms with Crippen LogP contribution in [0.5, 0.6) is 0 Å². The number of aromatic nitrogens is 2. The maximum atomic E-state index is 11.3. The van der Waals surface area contributed by atoms with E-state index in [2.05, 4.69) is 10.00 Å². The van der Waals surface area contributed by atoms with Crippen LogP contribution < -0.4 is 0 Å². The zero-order valence-corrected chi connectivity index (χ0v) is 10.8. The van der Waals surface area contributed by atoms with Gasteiger partial charge in [0.2, 0.25) is 0 Å². The first-order valence-corrected chi connectivity index (χ1v) is 6.43. The first kappa shape index (κ1) is 12.3. The van der Waals surface area contributed by atoms with Crippen LogP contribution in [0.15, 0.2) is 6.07 Å². The van der Waals surface area contributed by atoms with Crippen molar-refractivity contribution in [2.24, 2.45) is 7.05 Å². The number of carbonyl (C=O) groups excluding carboxylic acids is 1. The van der Waals surface area contributed by atoms with Crippen molar-refractivity contribution in [3.05, 3.63) is 17.5 Å². The molecule has 0 N–H and O–H groups in total. The van der Waals surface area contributed by atoms with E-state index in [-0.39, 0.29) is 5.78 Å². The molecule has 0 atom stereocenters. The Bertz CT molecular complexity index is 391. The van der Waals surface area contributed by atoms with Gasteiger partial charge in [-0.2, -0.15) is 5.10 Å². The summed E-state index contributed by atoms with van der Waals surface area (Å²) in [5.74, 6) is 0.0872. The second kappa shape index (κ2) is 5.45. The van der Waals surface area contributed by atoms with Gasteiger partial charge in [-0.25, -0.2) is 0 Å². The van der Waals surface area contributed by atoms with Crippen molar-refractivity contribution in [3.8, 4) is 0 Å². The van der Waals surface area contributed by atoms with Gasteiger partial charge in [-0.3, -0.25) is 9.48 Å². The molecule has 17 heavy (non-hydrogen) atoms. The van der Waals surface area contributed by atoms with E-state index in [1.54, 1.807) is 11.6 Å². The van der Waals surface area contributed by atoms with Crippen LogP contribution in [0.2, 0.25) is 0 Å². The van der Waals surface area contributed by atoms with Crippen LogP contribution in [0.25, 0.3) is 0 Å². The monoisotopic (exact) mass is 235 g/mol. The molecule has 4 heteroatoms. The minimum Gasteiger partial charge on any atom is -0.303 e. The molecule has 1 aromatic rings. The molecule has 0 amide bonds. The lowest BCUT2D eigenvalue weighted by atomic mass is 10.1. The van der Waals surface area contributed by atoms with Gasteiger partial charge >= 0.3 is 0 Å². The van der Waals surface area contributed by atoms with Gasteiger partial charge in [-0.05, 0) is 32.0 Å². The van der Waals surface area contributed by atoms with Crippen LogP contribution in [0, 0.1) is 0 Å². The van der Waals surface area contributed by atoms with E-state index in [1.807, 2.05) is 13.1 Å². The highest BCUT2D eigenvalue weighted by Crippen LogP contribution is 2.10. The summed E-state index contributed by atoms with van der Waals surface area (Å²) < 4.78 is 1.69. The van der Waals surface area contributed by atoms with Crippen molar-refractivity contribution in [3.63, 3.8) is 0 Å². The first-order valence-electron chi connectivity index (χ1n) is 6.43. The number of hydrogen-bond donors (Lipinski definition) is 0. The lowest BCUT2D eigenvalue weighted by Gasteiger charge is -2.25. The Morgan fingerprint density at radius 1 is 1.35 bits per heavy atom. The molecule has 1 aliphatic heterocycles. The third-order valence-electron chi connectivity index (χ3n) is 3.42. The van der Waals surface area contributed by atoms with Crippen LogP contribution in [-0.2, 0) is 13.5 Å². The van der Waals surface area contributed by atoms with Crippen LogP contribution >= 0.6 is 0 Å². The van der Waals surface area contributed by atoms with Gasteiger partial charge in [0, 0.05) is 26.9 Å². The average molecular weight is 235 g/mol. The number of aryl methyl sites for hydroxylation is 1. The number of rotatable bonds is 4. The van der Waals surface area contributed by atoms with Gasteiger partial charge < -0.3 is 4.90 Å². The minimum atomic E-state index is 0.0872. The molecule has 2 rings (SSSR count). The number of piperidine rings is 1. The van der Waals surface area contributed by atoms with Crippen LogP contribution in [0.4, 0.5) is 0 Å². The van der Waals surface area contributed by atoms with E-state index < -0.39 is 0 Å². The third kappa shape index (κ3) is 3.16. The zero-order valence-electron chi connectivity index (χ0n) is 10.8. The van der Waals surface area contributed by atoms with Crippen molar-refractivity contribution in [2.45, 2.75) is 32.6 Å². The average Bonchev–Trinajstić information content (AvgIpc) is 2.69. The molecule has 1 saturated heterocycles. The van der Waals surface area contributed by atoms with E-state index in [0.29, 0.717) is 5.69 Å². The predicted molar refractivity (Wildman–Crippen MR) is 67.2 cm³/mol. The van der Waals surface area contributed by atoms with Crippen LogP contribution in [-0.4, -0.2) is 40.1 Å². The standard InChI is InChI=1S/C13H21N3O/c1-11(17)13-10-12(14-15(13)2)6-9-16-7-4-3-5-8-16/h10H,3-9H2,1-2H3. The molecule has 1 fully saturated rings. The van der Waals surface area contributed by atoms with E-state index >= 15 is 0 Å². The van der Waals surface area contributed by atoms with Gasteiger partial charge in [0.05, 0.1) is 5.69 Å². The van der Waals surface area contributed by atoms with Gasteiger partial charge in [0.1, 0.15) is 5.69 Å². The number of carbonyl (C=O) groups is 1. The number of nitrogens with zero attached hydrogens (tertiary/aromatic N) is 3. The molecular weight excluding hydrogens is 214 g/mol. The maximum absolute atomic E-state index is 11.3. The molecule has 94 valence electrons. The molecule has 0 spiro atoms. The van der Waals surface area contributed by atoms with Gasteiger partial charge in [-0.1, -0.05) is 6.42 Å². The van der Waals surface area contributed by atoms with E-state index in [1.165, 1.54) is 32.4 Å². The Hall–Kier alpha value is -1.16. The highest BCUT2D eigenvalue weighted by molar-refractivity contribution is 5.92. The van der Waals surface area contributed by atoms with E-state index in [0.717, 1.165) is 18.7 Å². The number of ketones is 1. The highest BCUT2D eigenvalue weighted by atomic mass is 16.1. The molecule has 0 radical (unpaired) electrons. The molecule has 1 aliphatic rings. The predicted octanol–water partition coefficient (Wildman–Crippen LogP) is 1.65.